The Balaban J connectivity index is 2.18. The van der Waals surface area contributed by atoms with Gasteiger partial charge in [0.05, 0.1) is 4.75 Å². The van der Waals surface area contributed by atoms with E-state index in [0.717, 1.165) is 38.0 Å². The van der Waals surface area contributed by atoms with Gasteiger partial charge in [-0.25, -0.2) is 0 Å². The van der Waals surface area contributed by atoms with E-state index in [1.54, 1.807) is 11.8 Å². The van der Waals surface area contributed by atoms with Crippen molar-refractivity contribution < 1.29 is 4.79 Å². The summed E-state index contributed by atoms with van der Waals surface area (Å²) >= 11 is 7.61. The van der Waals surface area contributed by atoms with Crippen molar-refractivity contribution in [2.24, 2.45) is 0 Å². The second-order valence-corrected chi connectivity index (χ2v) is 6.70. The van der Waals surface area contributed by atoms with Crippen LogP contribution in [0.4, 0.5) is 0 Å². The molecule has 4 heteroatoms. The van der Waals surface area contributed by atoms with Gasteiger partial charge in [0.1, 0.15) is 0 Å². The van der Waals surface area contributed by atoms with Crippen LogP contribution in [0.2, 0.25) is 0 Å². The lowest BCUT2D eigenvalue weighted by atomic mass is 10.0. The van der Waals surface area contributed by atoms with Crippen LogP contribution in [0.5, 0.6) is 0 Å². The van der Waals surface area contributed by atoms with Gasteiger partial charge in [-0.2, -0.15) is 0 Å². The lowest BCUT2D eigenvalue weighted by Crippen LogP contribution is -2.40. The summed E-state index contributed by atoms with van der Waals surface area (Å²) in [6.07, 6.45) is 4.10. The first-order valence-corrected chi connectivity index (χ1v) is 7.03. The number of carbonyl (C=O) groups is 1. The minimum Gasteiger partial charge on any atom is -0.355 e. The zero-order chi connectivity index (χ0) is 11.3. The SMILES string of the molecule is CC(Cl)CCCNC(=O)C1(C)CCCS1. The van der Waals surface area contributed by atoms with Crippen LogP contribution < -0.4 is 5.32 Å². The molecule has 2 atom stereocenters. The van der Waals surface area contributed by atoms with Gasteiger partial charge in [-0.3, -0.25) is 4.79 Å². The van der Waals surface area contributed by atoms with E-state index in [2.05, 4.69) is 5.32 Å². The predicted octanol–water partition coefficient (Wildman–Crippen LogP) is 2.80. The largest absolute Gasteiger partial charge is 0.355 e. The maximum Gasteiger partial charge on any atom is 0.235 e. The summed E-state index contributed by atoms with van der Waals surface area (Å²) in [5, 5.41) is 3.21. The molecule has 88 valence electrons. The van der Waals surface area contributed by atoms with Crippen molar-refractivity contribution in [1.29, 1.82) is 0 Å². The minimum absolute atomic E-state index is 0.174. The van der Waals surface area contributed by atoms with Gasteiger partial charge < -0.3 is 5.32 Å². The van der Waals surface area contributed by atoms with Crippen molar-refractivity contribution in [3.05, 3.63) is 0 Å². The van der Waals surface area contributed by atoms with E-state index in [1.807, 2.05) is 13.8 Å². The first-order chi connectivity index (χ1) is 7.04. The van der Waals surface area contributed by atoms with Crippen LogP contribution in [0.3, 0.4) is 0 Å². The Morgan fingerprint density at radius 2 is 2.40 bits per heavy atom. The molecule has 1 aliphatic heterocycles. The molecule has 0 radical (unpaired) electrons. The number of hydrogen-bond acceptors (Lipinski definition) is 2. The second-order valence-electron chi connectivity index (χ2n) is 4.36. The summed E-state index contributed by atoms with van der Waals surface area (Å²) in [5.41, 5.74) is 0. The molecule has 0 aliphatic carbocycles. The number of halogens is 1. The van der Waals surface area contributed by atoms with E-state index in [4.69, 9.17) is 11.6 Å². The molecule has 1 aliphatic rings. The lowest BCUT2D eigenvalue weighted by molar-refractivity contribution is -0.123. The average molecular weight is 250 g/mol. The van der Waals surface area contributed by atoms with E-state index in [-0.39, 0.29) is 16.0 Å². The Morgan fingerprint density at radius 1 is 1.67 bits per heavy atom. The van der Waals surface area contributed by atoms with Gasteiger partial charge in [0.25, 0.3) is 0 Å². The van der Waals surface area contributed by atoms with Crippen molar-refractivity contribution in [2.75, 3.05) is 12.3 Å². The molecule has 2 unspecified atom stereocenters. The zero-order valence-corrected chi connectivity index (χ0v) is 11.1. The highest BCUT2D eigenvalue weighted by molar-refractivity contribution is 8.01. The average Bonchev–Trinajstić information content (AvgIpc) is 2.60. The Labute approximate surface area is 102 Å². The van der Waals surface area contributed by atoms with Crippen LogP contribution in [-0.4, -0.2) is 28.3 Å². The topological polar surface area (TPSA) is 29.1 Å². The Morgan fingerprint density at radius 3 is 2.93 bits per heavy atom. The molecule has 1 saturated heterocycles. The molecule has 1 fully saturated rings. The standard InChI is InChI=1S/C11H20ClNOS/c1-9(12)5-3-7-13-10(14)11(2)6-4-8-15-11/h9H,3-8H2,1-2H3,(H,13,14). The summed E-state index contributed by atoms with van der Waals surface area (Å²) in [4.78, 5) is 11.8. The van der Waals surface area contributed by atoms with Gasteiger partial charge in [0.2, 0.25) is 5.91 Å². The van der Waals surface area contributed by atoms with Gasteiger partial charge in [-0.15, -0.1) is 23.4 Å². The molecular weight excluding hydrogens is 230 g/mol. The third kappa shape index (κ3) is 4.23. The molecule has 0 spiro atoms. The number of rotatable bonds is 5. The molecule has 1 rings (SSSR count). The van der Waals surface area contributed by atoms with Crippen molar-refractivity contribution in [3.8, 4) is 0 Å². The van der Waals surface area contributed by atoms with Crippen LogP contribution in [0.25, 0.3) is 0 Å². The highest BCUT2D eigenvalue weighted by Gasteiger charge is 2.36. The highest BCUT2D eigenvalue weighted by Crippen LogP contribution is 2.37. The summed E-state index contributed by atoms with van der Waals surface area (Å²) in [5.74, 6) is 1.31. The van der Waals surface area contributed by atoms with Gasteiger partial charge in [-0.05, 0) is 45.3 Å². The number of alkyl halides is 1. The van der Waals surface area contributed by atoms with Crippen LogP contribution >= 0.6 is 23.4 Å². The predicted molar refractivity (Wildman–Crippen MR) is 67.7 cm³/mol. The third-order valence-corrected chi connectivity index (χ3v) is 4.50. The second kappa shape index (κ2) is 6.00. The minimum atomic E-state index is -0.174. The summed E-state index contributed by atoms with van der Waals surface area (Å²) in [6.45, 7) is 4.79. The molecule has 0 aromatic carbocycles. The molecule has 1 amide bonds. The van der Waals surface area contributed by atoms with Gasteiger partial charge in [0.15, 0.2) is 0 Å². The molecule has 0 saturated carbocycles. The quantitative estimate of drug-likeness (QED) is 0.600. The van der Waals surface area contributed by atoms with Crippen LogP contribution in [0.1, 0.15) is 39.5 Å². The molecule has 1 heterocycles. The lowest BCUT2D eigenvalue weighted by Gasteiger charge is -2.21. The van der Waals surface area contributed by atoms with Crippen LogP contribution in [0, 0.1) is 0 Å². The van der Waals surface area contributed by atoms with E-state index >= 15 is 0 Å². The smallest absolute Gasteiger partial charge is 0.235 e. The number of nitrogens with one attached hydrogen (secondary N) is 1. The van der Waals surface area contributed by atoms with Crippen LogP contribution in [-0.2, 0) is 4.79 Å². The Kier molecular flexibility index (Phi) is 5.27. The first-order valence-electron chi connectivity index (χ1n) is 5.61. The monoisotopic (exact) mass is 249 g/mol. The fourth-order valence-electron chi connectivity index (χ4n) is 1.73. The molecule has 0 aromatic rings. The highest BCUT2D eigenvalue weighted by atomic mass is 35.5. The normalized spacial score (nSPS) is 27.7. The molecular formula is C11H20ClNOS. The summed E-state index contributed by atoms with van der Waals surface area (Å²) in [7, 11) is 0. The van der Waals surface area contributed by atoms with E-state index in [9.17, 15) is 4.79 Å². The number of hydrogen-bond donors (Lipinski definition) is 1. The van der Waals surface area contributed by atoms with Crippen molar-refractivity contribution in [2.45, 2.75) is 49.7 Å². The zero-order valence-electron chi connectivity index (χ0n) is 9.51. The number of carbonyl (C=O) groups excluding carboxylic acids is 1. The van der Waals surface area contributed by atoms with Gasteiger partial charge >= 0.3 is 0 Å². The van der Waals surface area contributed by atoms with Crippen molar-refractivity contribution >= 4 is 29.3 Å². The third-order valence-electron chi connectivity index (χ3n) is 2.76. The molecule has 0 aromatic heterocycles. The van der Waals surface area contributed by atoms with Gasteiger partial charge in [-0.1, -0.05) is 0 Å². The number of amides is 1. The maximum atomic E-state index is 11.8. The Bertz CT molecular complexity index is 215. The Hall–Kier alpha value is 0.110. The van der Waals surface area contributed by atoms with E-state index in [1.165, 1.54) is 0 Å². The van der Waals surface area contributed by atoms with E-state index < -0.39 is 0 Å². The fraction of sp³-hybridized carbons (Fsp3) is 0.909. The fourth-order valence-corrected chi connectivity index (χ4v) is 3.12. The molecule has 15 heavy (non-hydrogen) atoms. The summed E-state index contributed by atoms with van der Waals surface area (Å²) in [6, 6.07) is 0. The molecule has 1 N–H and O–H groups in total. The van der Waals surface area contributed by atoms with Crippen molar-refractivity contribution in [1.82, 2.24) is 5.32 Å². The van der Waals surface area contributed by atoms with Crippen LogP contribution in [0.15, 0.2) is 0 Å². The number of thioether (sulfide) groups is 1. The molecule has 2 nitrogen and oxygen atoms in total. The summed E-state index contributed by atoms with van der Waals surface area (Å²) < 4.78 is -0.174. The van der Waals surface area contributed by atoms with E-state index in [0.29, 0.717) is 0 Å². The molecule has 0 bridgehead atoms. The maximum absolute atomic E-state index is 11.8. The first kappa shape index (κ1) is 13.2. The van der Waals surface area contributed by atoms with Gasteiger partial charge in [0, 0.05) is 11.9 Å². The van der Waals surface area contributed by atoms with Crippen molar-refractivity contribution in [3.63, 3.8) is 0 Å².